The molecule has 0 unspecified atom stereocenters. The third-order valence-corrected chi connectivity index (χ3v) is 2.26. The zero-order valence-electron chi connectivity index (χ0n) is 9.51. The van der Waals surface area contributed by atoms with Gasteiger partial charge in [-0.1, -0.05) is 0 Å². The second-order valence-electron chi connectivity index (χ2n) is 3.37. The summed E-state index contributed by atoms with van der Waals surface area (Å²) in [7, 11) is 1.55. The third-order valence-electron chi connectivity index (χ3n) is 2.09. The van der Waals surface area contributed by atoms with Crippen molar-refractivity contribution in [3.63, 3.8) is 0 Å². The average molecular weight is 290 g/mol. The lowest BCUT2D eigenvalue weighted by Crippen LogP contribution is -2.05. The van der Waals surface area contributed by atoms with E-state index >= 15 is 0 Å². The highest BCUT2D eigenvalue weighted by Crippen LogP contribution is 2.21. The zero-order valence-corrected chi connectivity index (χ0v) is 10.3. The maximum absolute atomic E-state index is 13.4. The number of aromatic nitrogens is 3. The van der Waals surface area contributed by atoms with Gasteiger partial charge in [0.05, 0.1) is 5.69 Å². The van der Waals surface area contributed by atoms with Crippen LogP contribution >= 0.6 is 11.6 Å². The minimum atomic E-state index is -1.28. The number of halogens is 4. The molecule has 1 aromatic carbocycles. The van der Waals surface area contributed by atoms with Crippen LogP contribution in [0.5, 0.6) is 0 Å². The van der Waals surface area contributed by atoms with Crippen LogP contribution in [-0.2, 0) is 0 Å². The first-order valence-electron chi connectivity index (χ1n) is 5.00. The predicted octanol–water partition coefficient (Wildman–Crippen LogP) is 2.73. The lowest BCUT2D eigenvalue weighted by molar-refractivity contribution is 0.496. The fourth-order valence-corrected chi connectivity index (χ4v) is 1.42. The van der Waals surface area contributed by atoms with Gasteiger partial charge in [-0.25, -0.2) is 13.2 Å². The molecule has 9 heteroatoms. The smallest absolute Gasteiger partial charge is 0.233 e. The number of hydrogen-bond donors (Lipinski definition) is 2. The van der Waals surface area contributed by atoms with E-state index < -0.39 is 17.5 Å². The summed E-state index contributed by atoms with van der Waals surface area (Å²) in [4.78, 5) is 11.2. The highest BCUT2D eigenvalue weighted by Gasteiger charge is 2.12. The summed E-state index contributed by atoms with van der Waals surface area (Å²) in [6, 6.07) is 1.07. The minimum Gasteiger partial charge on any atom is -0.357 e. The lowest BCUT2D eigenvalue weighted by atomic mass is 10.3. The van der Waals surface area contributed by atoms with Gasteiger partial charge in [-0.05, 0) is 11.6 Å². The summed E-state index contributed by atoms with van der Waals surface area (Å²) in [6.45, 7) is 0. The molecule has 0 aliphatic rings. The van der Waals surface area contributed by atoms with E-state index in [1.807, 2.05) is 0 Å². The van der Waals surface area contributed by atoms with Crippen molar-refractivity contribution in [3.05, 3.63) is 34.9 Å². The van der Waals surface area contributed by atoms with Crippen LogP contribution in [0.15, 0.2) is 12.1 Å². The molecule has 100 valence electrons. The van der Waals surface area contributed by atoms with Crippen LogP contribution in [-0.4, -0.2) is 22.0 Å². The Labute approximate surface area is 110 Å². The molecule has 0 saturated carbocycles. The average Bonchev–Trinajstić information content (AvgIpc) is 2.35. The molecular weight excluding hydrogens is 283 g/mol. The van der Waals surface area contributed by atoms with Crippen molar-refractivity contribution in [2.75, 3.05) is 17.7 Å². The Bertz CT molecular complexity index is 622. The molecule has 2 N–H and O–H groups in total. The fraction of sp³-hybridized carbons (Fsp3) is 0.100. The molecule has 0 saturated heterocycles. The SMILES string of the molecule is CNc1nc(Cl)nc(Nc2cc(F)c(F)cc2F)n1. The molecule has 0 amide bonds. The van der Waals surface area contributed by atoms with Crippen LogP contribution in [0.1, 0.15) is 0 Å². The first-order chi connectivity index (χ1) is 8.99. The van der Waals surface area contributed by atoms with E-state index in [2.05, 4.69) is 25.6 Å². The van der Waals surface area contributed by atoms with Crippen LogP contribution in [0.25, 0.3) is 0 Å². The topological polar surface area (TPSA) is 62.7 Å². The summed E-state index contributed by atoms with van der Waals surface area (Å²) in [6.07, 6.45) is 0. The van der Waals surface area contributed by atoms with Crippen molar-refractivity contribution >= 4 is 29.2 Å². The lowest BCUT2D eigenvalue weighted by Gasteiger charge is -2.07. The molecule has 0 atom stereocenters. The molecule has 0 radical (unpaired) electrons. The van der Waals surface area contributed by atoms with E-state index in [0.717, 1.165) is 0 Å². The third kappa shape index (κ3) is 3.02. The second kappa shape index (κ2) is 5.27. The summed E-state index contributed by atoms with van der Waals surface area (Å²) in [5.74, 6) is -3.42. The van der Waals surface area contributed by atoms with Crippen molar-refractivity contribution in [1.82, 2.24) is 15.0 Å². The standard InChI is InChI=1S/C10H7ClF3N5/c1-15-9-17-8(11)18-10(19-9)16-7-3-5(13)4(12)2-6(7)14/h2-3H,1H3,(H2,15,16,17,18,19). The molecule has 19 heavy (non-hydrogen) atoms. The number of nitrogens with one attached hydrogen (secondary N) is 2. The maximum Gasteiger partial charge on any atom is 0.233 e. The number of hydrogen-bond acceptors (Lipinski definition) is 5. The molecular formula is C10H7ClF3N5. The van der Waals surface area contributed by atoms with Crippen LogP contribution in [0.3, 0.4) is 0 Å². The Kier molecular flexibility index (Phi) is 3.70. The van der Waals surface area contributed by atoms with E-state index in [1.54, 1.807) is 7.05 Å². The summed E-state index contributed by atoms with van der Waals surface area (Å²) in [5, 5.41) is 4.87. The number of rotatable bonds is 3. The molecule has 0 aliphatic heterocycles. The van der Waals surface area contributed by atoms with Crippen LogP contribution < -0.4 is 10.6 Å². The number of nitrogens with zero attached hydrogens (tertiary/aromatic N) is 3. The Morgan fingerprint density at radius 2 is 1.58 bits per heavy atom. The Balaban J connectivity index is 2.36. The summed E-state index contributed by atoms with van der Waals surface area (Å²) in [5.41, 5.74) is -0.316. The predicted molar refractivity (Wildman–Crippen MR) is 64.0 cm³/mol. The molecule has 1 aromatic heterocycles. The van der Waals surface area contributed by atoms with Crippen LogP contribution in [0.2, 0.25) is 5.28 Å². The van der Waals surface area contributed by atoms with Gasteiger partial charge in [0, 0.05) is 19.2 Å². The van der Waals surface area contributed by atoms with Crippen LogP contribution in [0, 0.1) is 17.5 Å². The number of benzene rings is 1. The van der Waals surface area contributed by atoms with Crippen molar-refractivity contribution < 1.29 is 13.2 Å². The monoisotopic (exact) mass is 289 g/mol. The maximum atomic E-state index is 13.4. The Hall–Kier alpha value is -2.09. The molecule has 5 nitrogen and oxygen atoms in total. The molecule has 1 heterocycles. The molecule has 0 bridgehead atoms. The van der Waals surface area contributed by atoms with Gasteiger partial charge in [-0.15, -0.1) is 0 Å². The van der Waals surface area contributed by atoms with Gasteiger partial charge in [0.15, 0.2) is 11.6 Å². The molecule has 0 fully saturated rings. The van der Waals surface area contributed by atoms with Gasteiger partial charge in [0.2, 0.25) is 17.2 Å². The molecule has 2 aromatic rings. The van der Waals surface area contributed by atoms with Crippen molar-refractivity contribution in [3.8, 4) is 0 Å². The minimum absolute atomic E-state index is 0.103. The quantitative estimate of drug-likeness (QED) is 0.851. The van der Waals surface area contributed by atoms with E-state index in [0.29, 0.717) is 12.1 Å². The van der Waals surface area contributed by atoms with Gasteiger partial charge in [-0.2, -0.15) is 15.0 Å². The van der Waals surface area contributed by atoms with Crippen molar-refractivity contribution in [2.24, 2.45) is 0 Å². The summed E-state index contributed by atoms with van der Waals surface area (Å²) < 4.78 is 39.2. The fourth-order valence-electron chi connectivity index (χ4n) is 1.26. The molecule has 2 rings (SSSR count). The van der Waals surface area contributed by atoms with Gasteiger partial charge in [0.25, 0.3) is 0 Å². The van der Waals surface area contributed by atoms with E-state index in [1.165, 1.54) is 0 Å². The molecule has 0 spiro atoms. The first-order valence-corrected chi connectivity index (χ1v) is 5.38. The van der Waals surface area contributed by atoms with Gasteiger partial charge >= 0.3 is 0 Å². The second-order valence-corrected chi connectivity index (χ2v) is 3.71. The largest absolute Gasteiger partial charge is 0.357 e. The van der Waals surface area contributed by atoms with E-state index in [-0.39, 0.29) is 22.9 Å². The van der Waals surface area contributed by atoms with Crippen LogP contribution in [0.4, 0.5) is 30.8 Å². The summed E-state index contributed by atoms with van der Waals surface area (Å²) >= 11 is 5.62. The number of anilines is 3. The van der Waals surface area contributed by atoms with E-state index in [4.69, 9.17) is 11.6 Å². The highest BCUT2D eigenvalue weighted by molar-refractivity contribution is 6.28. The van der Waals surface area contributed by atoms with Crippen molar-refractivity contribution in [1.29, 1.82) is 0 Å². The first kappa shape index (κ1) is 13.3. The Morgan fingerprint density at radius 3 is 2.26 bits per heavy atom. The van der Waals surface area contributed by atoms with Crippen molar-refractivity contribution in [2.45, 2.75) is 0 Å². The molecule has 0 aliphatic carbocycles. The van der Waals surface area contributed by atoms with E-state index in [9.17, 15) is 13.2 Å². The zero-order chi connectivity index (χ0) is 14.0. The normalized spacial score (nSPS) is 10.4. The van der Waals surface area contributed by atoms with Gasteiger partial charge < -0.3 is 10.6 Å². The Morgan fingerprint density at radius 1 is 0.947 bits per heavy atom. The van der Waals surface area contributed by atoms with Gasteiger partial charge in [0.1, 0.15) is 5.82 Å². The van der Waals surface area contributed by atoms with Gasteiger partial charge in [-0.3, -0.25) is 0 Å². The highest BCUT2D eigenvalue weighted by atomic mass is 35.5.